The van der Waals surface area contributed by atoms with E-state index in [0.717, 1.165) is 31.2 Å². The predicted molar refractivity (Wildman–Crippen MR) is 120 cm³/mol. The number of hydrogen-bond acceptors (Lipinski definition) is 8. The number of fused-ring (bicyclic) bond motifs is 1. The number of nitrogens with one attached hydrogen (secondary N) is 1. The molecular weight excluding hydrogens is 410 g/mol. The van der Waals surface area contributed by atoms with Crippen molar-refractivity contribution >= 4 is 28.6 Å². The van der Waals surface area contributed by atoms with E-state index < -0.39 is 0 Å². The number of hydrogen-bond donors (Lipinski definition) is 1. The summed E-state index contributed by atoms with van der Waals surface area (Å²) in [6.07, 6.45) is 7.29. The molecule has 9 nitrogen and oxygen atoms in total. The fourth-order valence-corrected chi connectivity index (χ4v) is 3.96. The molecule has 3 aromatic rings. The Balaban J connectivity index is 1.60. The number of aromatic nitrogens is 4. The van der Waals surface area contributed by atoms with E-state index in [-0.39, 0.29) is 22.9 Å². The maximum atomic E-state index is 13.1. The van der Waals surface area contributed by atoms with E-state index >= 15 is 0 Å². The van der Waals surface area contributed by atoms with Crippen LogP contribution >= 0.6 is 0 Å². The summed E-state index contributed by atoms with van der Waals surface area (Å²) >= 11 is 0. The van der Waals surface area contributed by atoms with Gasteiger partial charge in [-0.15, -0.1) is 0 Å². The standard InChI is InChI=1S/C23H27N5O4/c1-15(29)19-11-17-13-25-23(27-21(17)28(22(19)30)18-5-3-4-6-18)26-20-8-7-16(12-24-20)14-32-10-9-31-2/h7-8,11-13,18H,3-6,9-10,14H2,1-2H3,(H,24,25,26,27). The van der Waals surface area contributed by atoms with Crippen LogP contribution in [0.3, 0.4) is 0 Å². The lowest BCUT2D eigenvalue weighted by molar-refractivity contribution is 0.0615. The molecule has 1 N–H and O–H groups in total. The maximum Gasteiger partial charge on any atom is 0.263 e. The highest BCUT2D eigenvalue weighted by Gasteiger charge is 2.23. The number of pyridine rings is 2. The van der Waals surface area contributed by atoms with Gasteiger partial charge in [-0.05, 0) is 37.5 Å². The Bertz CT molecular complexity index is 1150. The molecule has 0 aromatic carbocycles. The Labute approximate surface area is 185 Å². The number of anilines is 2. The van der Waals surface area contributed by atoms with Gasteiger partial charge in [-0.25, -0.2) is 9.97 Å². The van der Waals surface area contributed by atoms with Crippen LogP contribution in [0, 0.1) is 0 Å². The quantitative estimate of drug-likeness (QED) is 0.401. The van der Waals surface area contributed by atoms with Crippen molar-refractivity contribution in [1.29, 1.82) is 0 Å². The molecule has 0 aliphatic heterocycles. The van der Waals surface area contributed by atoms with Crippen LogP contribution in [-0.4, -0.2) is 45.6 Å². The van der Waals surface area contributed by atoms with Crippen LogP contribution in [0.15, 0.2) is 35.4 Å². The molecule has 1 aliphatic rings. The minimum atomic E-state index is -0.280. The van der Waals surface area contributed by atoms with Crippen molar-refractivity contribution in [3.05, 3.63) is 52.1 Å². The summed E-state index contributed by atoms with van der Waals surface area (Å²) in [5, 5.41) is 3.77. The zero-order valence-electron chi connectivity index (χ0n) is 18.3. The summed E-state index contributed by atoms with van der Waals surface area (Å²) in [4.78, 5) is 38.5. The van der Waals surface area contributed by atoms with Gasteiger partial charge in [0, 0.05) is 30.9 Å². The molecule has 9 heteroatoms. The van der Waals surface area contributed by atoms with Crippen LogP contribution in [0.4, 0.5) is 11.8 Å². The number of ketones is 1. The number of Topliss-reactive ketones (excluding diaryl/α,β-unsaturated/α-hetero) is 1. The van der Waals surface area contributed by atoms with Gasteiger partial charge in [0.05, 0.1) is 25.4 Å². The average molecular weight is 438 g/mol. The van der Waals surface area contributed by atoms with Crippen molar-refractivity contribution in [3.8, 4) is 0 Å². The van der Waals surface area contributed by atoms with Crippen LogP contribution in [0.1, 0.15) is 54.6 Å². The molecule has 4 rings (SSSR count). The van der Waals surface area contributed by atoms with Gasteiger partial charge in [0.15, 0.2) is 5.78 Å². The van der Waals surface area contributed by atoms with E-state index in [1.165, 1.54) is 6.92 Å². The van der Waals surface area contributed by atoms with Crippen LogP contribution in [0.25, 0.3) is 11.0 Å². The highest BCUT2D eigenvalue weighted by atomic mass is 16.5. The summed E-state index contributed by atoms with van der Waals surface area (Å²) in [5.74, 6) is 0.678. The lowest BCUT2D eigenvalue weighted by atomic mass is 10.1. The third-order valence-electron chi connectivity index (χ3n) is 5.61. The highest BCUT2D eigenvalue weighted by Crippen LogP contribution is 2.31. The zero-order chi connectivity index (χ0) is 22.5. The first-order chi connectivity index (χ1) is 15.6. The van der Waals surface area contributed by atoms with Gasteiger partial charge < -0.3 is 14.8 Å². The molecule has 3 aromatic heterocycles. The van der Waals surface area contributed by atoms with Gasteiger partial charge in [-0.2, -0.15) is 4.98 Å². The second-order valence-corrected chi connectivity index (χ2v) is 7.92. The van der Waals surface area contributed by atoms with Crippen LogP contribution in [0.2, 0.25) is 0 Å². The van der Waals surface area contributed by atoms with Crippen molar-refractivity contribution in [2.45, 2.75) is 45.3 Å². The third kappa shape index (κ3) is 4.84. The Morgan fingerprint density at radius 1 is 1.19 bits per heavy atom. The Hall–Kier alpha value is -3.17. The minimum Gasteiger partial charge on any atom is -0.382 e. The van der Waals surface area contributed by atoms with E-state index in [1.54, 1.807) is 30.1 Å². The van der Waals surface area contributed by atoms with Crippen molar-refractivity contribution in [1.82, 2.24) is 19.5 Å². The first-order valence-electron chi connectivity index (χ1n) is 10.8. The molecule has 1 fully saturated rings. The fourth-order valence-electron chi connectivity index (χ4n) is 3.96. The molecular formula is C23H27N5O4. The second-order valence-electron chi connectivity index (χ2n) is 7.92. The smallest absolute Gasteiger partial charge is 0.263 e. The van der Waals surface area contributed by atoms with E-state index in [2.05, 4.69) is 20.3 Å². The molecule has 0 saturated heterocycles. The summed E-state index contributed by atoms with van der Waals surface area (Å²) in [6, 6.07) is 5.37. The van der Waals surface area contributed by atoms with Crippen molar-refractivity contribution in [2.24, 2.45) is 0 Å². The first-order valence-corrected chi connectivity index (χ1v) is 10.8. The summed E-state index contributed by atoms with van der Waals surface area (Å²) in [5.41, 5.74) is 1.38. The van der Waals surface area contributed by atoms with Crippen molar-refractivity contribution in [3.63, 3.8) is 0 Å². The predicted octanol–water partition coefficient (Wildman–Crippen LogP) is 3.41. The third-order valence-corrected chi connectivity index (χ3v) is 5.61. The van der Waals surface area contributed by atoms with Crippen LogP contribution in [0.5, 0.6) is 0 Å². The molecule has 0 atom stereocenters. The van der Waals surface area contributed by atoms with Crippen molar-refractivity contribution < 1.29 is 14.3 Å². The topological polar surface area (TPSA) is 108 Å². The number of methoxy groups -OCH3 is 1. The molecule has 32 heavy (non-hydrogen) atoms. The van der Waals surface area contributed by atoms with Gasteiger partial charge in [-0.3, -0.25) is 14.2 Å². The average Bonchev–Trinajstić information content (AvgIpc) is 3.31. The van der Waals surface area contributed by atoms with Gasteiger partial charge >= 0.3 is 0 Å². The Kier molecular flexibility index (Phi) is 6.87. The second kappa shape index (κ2) is 9.97. The molecule has 0 bridgehead atoms. The first kappa shape index (κ1) is 22.0. The van der Waals surface area contributed by atoms with E-state index in [9.17, 15) is 9.59 Å². The molecule has 168 valence electrons. The summed E-state index contributed by atoms with van der Waals surface area (Å²) < 4.78 is 12.1. The highest BCUT2D eigenvalue weighted by molar-refractivity contribution is 5.96. The van der Waals surface area contributed by atoms with Gasteiger partial charge in [0.2, 0.25) is 5.95 Å². The van der Waals surface area contributed by atoms with E-state index in [1.807, 2.05) is 12.1 Å². The van der Waals surface area contributed by atoms with Crippen molar-refractivity contribution in [2.75, 3.05) is 25.6 Å². The maximum absolute atomic E-state index is 13.1. The zero-order valence-corrected chi connectivity index (χ0v) is 18.3. The van der Waals surface area contributed by atoms with Crippen LogP contribution in [-0.2, 0) is 16.1 Å². The summed E-state index contributed by atoms with van der Waals surface area (Å²) in [7, 11) is 1.63. The number of carbonyl (C=O) groups excluding carboxylic acids is 1. The normalized spacial score (nSPS) is 14.2. The number of rotatable bonds is 9. The molecule has 0 unspecified atom stereocenters. The van der Waals surface area contributed by atoms with E-state index in [4.69, 9.17) is 9.47 Å². The molecule has 1 saturated carbocycles. The number of ether oxygens (including phenoxy) is 2. The lowest BCUT2D eigenvalue weighted by Crippen LogP contribution is -2.29. The fraction of sp³-hybridized carbons (Fsp3) is 0.435. The Morgan fingerprint density at radius 3 is 2.69 bits per heavy atom. The lowest BCUT2D eigenvalue weighted by Gasteiger charge is -2.17. The Morgan fingerprint density at radius 2 is 2.00 bits per heavy atom. The largest absolute Gasteiger partial charge is 0.382 e. The van der Waals surface area contributed by atoms with Gasteiger partial charge in [-0.1, -0.05) is 18.9 Å². The number of nitrogens with zero attached hydrogens (tertiary/aromatic N) is 4. The SMILES string of the molecule is COCCOCc1ccc(Nc2ncc3cc(C(C)=O)c(=O)n(C4CCCC4)c3n2)nc1. The summed E-state index contributed by atoms with van der Waals surface area (Å²) in [6.45, 7) is 2.94. The van der Waals surface area contributed by atoms with Crippen LogP contribution < -0.4 is 10.9 Å². The molecule has 0 spiro atoms. The van der Waals surface area contributed by atoms with Gasteiger partial charge in [0.25, 0.3) is 5.56 Å². The minimum absolute atomic E-state index is 0.0440. The van der Waals surface area contributed by atoms with E-state index in [0.29, 0.717) is 42.6 Å². The van der Waals surface area contributed by atoms with Gasteiger partial charge in [0.1, 0.15) is 11.5 Å². The monoisotopic (exact) mass is 437 g/mol. The molecule has 1 aliphatic carbocycles. The number of carbonyl (C=O) groups is 1. The molecule has 0 radical (unpaired) electrons. The molecule has 0 amide bonds. The molecule has 3 heterocycles.